The van der Waals surface area contributed by atoms with Crippen molar-refractivity contribution in [2.75, 3.05) is 5.43 Å². The second-order valence-electron chi connectivity index (χ2n) is 7.37. The van der Waals surface area contributed by atoms with E-state index in [2.05, 4.69) is 25.2 Å². The minimum absolute atomic E-state index is 0.0948. The van der Waals surface area contributed by atoms with Crippen LogP contribution in [0.2, 0.25) is 0 Å². The summed E-state index contributed by atoms with van der Waals surface area (Å²) in [5, 5.41) is 3.99. The quantitative estimate of drug-likeness (QED) is 0.366. The van der Waals surface area contributed by atoms with Crippen LogP contribution in [0.5, 0.6) is 5.75 Å². The van der Waals surface area contributed by atoms with Crippen molar-refractivity contribution in [3.8, 4) is 5.75 Å². The second-order valence-corrected chi connectivity index (χ2v) is 7.37. The van der Waals surface area contributed by atoms with Gasteiger partial charge in [-0.2, -0.15) is 10.1 Å². The Balaban J connectivity index is 1.59. The molecule has 2 heterocycles. The predicted molar refractivity (Wildman–Crippen MR) is 111 cm³/mol. The molecule has 0 atom stereocenters. The molecule has 9 nitrogen and oxygen atoms in total. The van der Waals surface area contributed by atoms with Gasteiger partial charge >= 0.3 is 17.5 Å². The standard InChI is InChI=1S/C20H19F3N6O3/c1-28-15-11-24-19(26-16(15)29(18(31)17(28)30)13-4-2-3-5-13)27-25-10-12-6-8-14(9-7-12)32-20(21,22)23/h6-11,13H,2-5H2,1H3,(H,24,26,27)/b25-10+. The Labute approximate surface area is 179 Å². The largest absolute Gasteiger partial charge is 0.573 e. The molecule has 0 amide bonds. The fourth-order valence-electron chi connectivity index (χ4n) is 3.71. The molecule has 1 saturated carbocycles. The van der Waals surface area contributed by atoms with Gasteiger partial charge in [0.25, 0.3) is 0 Å². The number of alkyl halides is 3. The normalized spacial score (nSPS) is 15.0. The fraction of sp³-hybridized carbons (Fsp3) is 0.350. The molecule has 1 fully saturated rings. The van der Waals surface area contributed by atoms with Gasteiger partial charge in [0, 0.05) is 13.1 Å². The number of aromatic nitrogens is 4. The summed E-state index contributed by atoms with van der Waals surface area (Å²) in [6.45, 7) is 0. The van der Waals surface area contributed by atoms with Gasteiger partial charge < -0.3 is 9.30 Å². The number of hydrazone groups is 1. The maximum Gasteiger partial charge on any atom is 0.573 e. The number of anilines is 1. The van der Waals surface area contributed by atoms with Gasteiger partial charge in [0.2, 0.25) is 5.95 Å². The molecule has 3 aromatic rings. The van der Waals surface area contributed by atoms with Crippen LogP contribution in [-0.2, 0) is 7.05 Å². The highest BCUT2D eigenvalue weighted by molar-refractivity contribution is 5.80. The van der Waals surface area contributed by atoms with E-state index in [1.54, 1.807) is 0 Å². The highest BCUT2D eigenvalue weighted by Crippen LogP contribution is 2.30. The Morgan fingerprint density at radius 2 is 1.84 bits per heavy atom. The Bertz CT molecular complexity index is 1280. The third-order valence-corrected chi connectivity index (χ3v) is 5.23. The summed E-state index contributed by atoms with van der Waals surface area (Å²) in [6.07, 6.45) is 1.59. The maximum absolute atomic E-state index is 12.7. The van der Waals surface area contributed by atoms with Gasteiger partial charge in [-0.05, 0) is 42.7 Å². The van der Waals surface area contributed by atoms with Gasteiger partial charge in [-0.1, -0.05) is 12.8 Å². The summed E-state index contributed by atoms with van der Waals surface area (Å²) < 4.78 is 43.2. The Morgan fingerprint density at radius 3 is 2.50 bits per heavy atom. The number of hydrogen-bond donors (Lipinski definition) is 1. The SMILES string of the molecule is Cn1c(=O)c(=O)n(C2CCCC2)c2nc(N/N=C/c3ccc(OC(F)(F)F)cc3)ncc21. The van der Waals surface area contributed by atoms with Gasteiger partial charge in [0.05, 0.1) is 12.4 Å². The zero-order valence-electron chi connectivity index (χ0n) is 17.0. The van der Waals surface area contributed by atoms with Gasteiger partial charge in [-0.15, -0.1) is 13.2 Å². The zero-order valence-corrected chi connectivity index (χ0v) is 17.0. The van der Waals surface area contributed by atoms with Crippen LogP contribution in [0.3, 0.4) is 0 Å². The first-order valence-electron chi connectivity index (χ1n) is 9.86. The van der Waals surface area contributed by atoms with Crippen molar-refractivity contribution in [3.05, 3.63) is 56.7 Å². The molecule has 0 saturated heterocycles. The lowest BCUT2D eigenvalue weighted by atomic mass is 10.2. The molecule has 1 aromatic carbocycles. The molecule has 12 heteroatoms. The molecule has 168 valence electrons. The highest BCUT2D eigenvalue weighted by Gasteiger charge is 2.31. The molecule has 0 radical (unpaired) electrons. The molecule has 0 bridgehead atoms. The van der Waals surface area contributed by atoms with E-state index in [9.17, 15) is 22.8 Å². The van der Waals surface area contributed by atoms with Crippen molar-refractivity contribution in [2.45, 2.75) is 38.1 Å². The van der Waals surface area contributed by atoms with Crippen molar-refractivity contribution in [1.29, 1.82) is 0 Å². The number of benzene rings is 1. The predicted octanol–water partition coefficient (Wildman–Crippen LogP) is 2.95. The molecule has 0 spiro atoms. The summed E-state index contributed by atoms with van der Waals surface area (Å²) in [4.78, 5) is 33.5. The summed E-state index contributed by atoms with van der Waals surface area (Å²) in [7, 11) is 1.49. The van der Waals surface area contributed by atoms with E-state index in [1.807, 2.05) is 0 Å². The number of halogens is 3. The monoisotopic (exact) mass is 448 g/mol. The minimum atomic E-state index is -4.76. The number of hydrogen-bond acceptors (Lipinski definition) is 7. The van der Waals surface area contributed by atoms with Crippen molar-refractivity contribution in [1.82, 2.24) is 19.1 Å². The average Bonchev–Trinajstić information content (AvgIpc) is 3.27. The molecule has 1 aliphatic carbocycles. The number of aryl methyl sites for hydroxylation is 1. The summed E-state index contributed by atoms with van der Waals surface area (Å²) in [5.74, 6) is -0.230. The van der Waals surface area contributed by atoms with Gasteiger partial charge in [0.15, 0.2) is 5.65 Å². The van der Waals surface area contributed by atoms with Crippen molar-refractivity contribution < 1.29 is 17.9 Å². The van der Waals surface area contributed by atoms with Crippen LogP contribution in [-0.4, -0.2) is 31.7 Å². The molecular weight excluding hydrogens is 429 g/mol. The Hall–Kier alpha value is -3.70. The van der Waals surface area contributed by atoms with E-state index in [1.165, 1.54) is 52.9 Å². The summed E-state index contributed by atoms with van der Waals surface area (Å²) >= 11 is 0. The fourth-order valence-corrected chi connectivity index (χ4v) is 3.71. The van der Waals surface area contributed by atoms with E-state index in [4.69, 9.17) is 0 Å². The average molecular weight is 448 g/mol. The van der Waals surface area contributed by atoms with Crippen LogP contribution in [0, 0.1) is 0 Å². The third kappa shape index (κ3) is 4.48. The molecule has 4 rings (SSSR count). The topological polar surface area (TPSA) is 103 Å². The molecule has 1 N–H and O–H groups in total. The first-order valence-corrected chi connectivity index (χ1v) is 9.86. The second kappa shape index (κ2) is 8.44. The lowest BCUT2D eigenvalue weighted by molar-refractivity contribution is -0.274. The number of rotatable bonds is 5. The van der Waals surface area contributed by atoms with Crippen LogP contribution in [0.1, 0.15) is 37.3 Å². The van der Waals surface area contributed by atoms with Gasteiger partial charge in [-0.3, -0.25) is 14.2 Å². The molecule has 0 aliphatic heterocycles. The van der Waals surface area contributed by atoms with E-state index in [0.717, 1.165) is 25.7 Å². The van der Waals surface area contributed by atoms with Gasteiger partial charge in [-0.25, -0.2) is 10.4 Å². The zero-order chi connectivity index (χ0) is 22.9. The first kappa shape index (κ1) is 21.5. The number of nitrogens with zero attached hydrogens (tertiary/aromatic N) is 5. The lowest BCUT2D eigenvalue weighted by Gasteiger charge is -2.17. The van der Waals surface area contributed by atoms with Crippen LogP contribution in [0.25, 0.3) is 11.2 Å². The Kier molecular flexibility index (Phi) is 5.68. The molecule has 0 unspecified atom stereocenters. The van der Waals surface area contributed by atoms with Gasteiger partial charge in [0.1, 0.15) is 11.3 Å². The highest BCUT2D eigenvalue weighted by atomic mass is 19.4. The van der Waals surface area contributed by atoms with Crippen molar-refractivity contribution in [2.24, 2.45) is 12.1 Å². The van der Waals surface area contributed by atoms with Crippen LogP contribution in [0.15, 0.2) is 45.2 Å². The van der Waals surface area contributed by atoms with E-state index in [0.29, 0.717) is 16.7 Å². The molecule has 2 aromatic heterocycles. The van der Waals surface area contributed by atoms with Crippen LogP contribution in [0.4, 0.5) is 19.1 Å². The molecular formula is C20H19F3N6O3. The first-order chi connectivity index (χ1) is 15.2. The van der Waals surface area contributed by atoms with E-state index >= 15 is 0 Å². The van der Waals surface area contributed by atoms with E-state index in [-0.39, 0.29) is 17.7 Å². The lowest BCUT2D eigenvalue weighted by Crippen LogP contribution is -2.42. The van der Waals surface area contributed by atoms with Crippen molar-refractivity contribution >= 4 is 23.3 Å². The maximum atomic E-state index is 12.7. The molecule has 32 heavy (non-hydrogen) atoms. The smallest absolute Gasteiger partial charge is 0.406 e. The summed E-state index contributed by atoms with van der Waals surface area (Å²) in [5.41, 5.74) is 2.66. The molecule has 1 aliphatic rings. The van der Waals surface area contributed by atoms with Crippen molar-refractivity contribution in [3.63, 3.8) is 0 Å². The third-order valence-electron chi connectivity index (χ3n) is 5.23. The summed E-state index contributed by atoms with van der Waals surface area (Å²) in [6, 6.07) is 5.05. The van der Waals surface area contributed by atoms with E-state index < -0.39 is 17.5 Å². The number of fused-ring (bicyclic) bond motifs is 1. The van der Waals surface area contributed by atoms with Crippen LogP contribution >= 0.6 is 0 Å². The number of ether oxygens (including phenoxy) is 1. The number of nitrogens with one attached hydrogen (secondary N) is 1. The van der Waals surface area contributed by atoms with Crippen LogP contribution < -0.4 is 21.3 Å². The Morgan fingerprint density at radius 1 is 1.16 bits per heavy atom. The minimum Gasteiger partial charge on any atom is -0.406 e.